The Morgan fingerprint density at radius 2 is 1.79 bits per heavy atom. The van der Waals surface area contributed by atoms with Crippen LogP contribution in [0.15, 0.2) is 24.3 Å². The van der Waals surface area contributed by atoms with Crippen molar-refractivity contribution in [1.29, 1.82) is 0 Å². The van der Waals surface area contributed by atoms with Crippen LogP contribution in [0.25, 0.3) is 0 Å². The molecule has 162 valence electrons. The van der Waals surface area contributed by atoms with Gasteiger partial charge in [0.2, 0.25) is 5.91 Å². The average Bonchev–Trinajstić information content (AvgIpc) is 2.73. The summed E-state index contributed by atoms with van der Waals surface area (Å²) in [6.07, 6.45) is 0.288. The Balaban J connectivity index is 0.00000300. The molecule has 0 spiro atoms. The SMILES string of the molecule is CCc1ccc(OC(C)C(=O)N2CCN(C(=O)[C@H]3NCCO[C@@H]3C)CC2)cc1.Cl. The smallest absolute Gasteiger partial charge is 0.263 e. The molecule has 1 aromatic carbocycles. The van der Waals surface area contributed by atoms with Crippen LogP contribution in [0.2, 0.25) is 0 Å². The number of carbonyl (C=O) groups excluding carboxylic acids is 2. The molecule has 0 aromatic heterocycles. The molecule has 1 aromatic rings. The van der Waals surface area contributed by atoms with Crippen LogP contribution < -0.4 is 10.1 Å². The molecule has 3 rings (SSSR count). The number of hydrogen-bond acceptors (Lipinski definition) is 5. The summed E-state index contributed by atoms with van der Waals surface area (Å²) in [6, 6.07) is 7.53. The van der Waals surface area contributed by atoms with Crippen LogP contribution >= 0.6 is 12.4 Å². The number of amides is 2. The molecular weight excluding hydrogens is 394 g/mol. The molecule has 0 bridgehead atoms. The highest BCUT2D eigenvalue weighted by Crippen LogP contribution is 2.16. The minimum absolute atomic E-state index is 0. The minimum atomic E-state index is -0.553. The summed E-state index contributed by atoms with van der Waals surface area (Å²) in [7, 11) is 0. The lowest BCUT2D eigenvalue weighted by Crippen LogP contribution is -2.60. The van der Waals surface area contributed by atoms with Crippen molar-refractivity contribution in [3.05, 3.63) is 29.8 Å². The number of benzene rings is 1. The van der Waals surface area contributed by atoms with Gasteiger partial charge in [0.25, 0.3) is 5.91 Å². The van der Waals surface area contributed by atoms with Gasteiger partial charge in [-0.3, -0.25) is 9.59 Å². The molecule has 2 aliphatic rings. The van der Waals surface area contributed by atoms with Gasteiger partial charge in [-0.15, -0.1) is 12.4 Å². The Kier molecular flexibility index (Phi) is 8.74. The third-order valence-corrected chi connectivity index (χ3v) is 5.48. The first-order chi connectivity index (χ1) is 13.5. The molecule has 7 nitrogen and oxygen atoms in total. The molecule has 2 aliphatic heterocycles. The lowest BCUT2D eigenvalue weighted by atomic mass is 10.1. The summed E-state index contributed by atoms with van der Waals surface area (Å²) < 4.78 is 11.4. The van der Waals surface area contributed by atoms with Gasteiger partial charge in [-0.25, -0.2) is 0 Å². The van der Waals surface area contributed by atoms with Gasteiger partial charge >= 0.3 is 0 Å². The van der Waals surface area contributed by atoms with Crippen molar-refractivity contribution in [1.82, 2.24) is 15.1 Å². The molecule has 1 N–H and O–H groups in total. The Labute approximate surface area is 179 Å². The van der Waals surface area contributed by atoms with Gasteiger partial charge in [-0.05, 0) is 38.0 Å². The molecule has 29 heavy (non-hydrogen) atoms. The lowest BCUT2D eigenvalue weighted by Gasteiger charge is -2.39. The zero-order valence-corrected chi connectivity index (χ0v) is 18.2. The van der Waals surface area contributed by atoms with Gasteiger partial charge in [0, 0.05) is 32.7 Å². The second-order valence-corrected chi connectivity index (χ2v) is 7.42. The van der Waals surface area contributed by atoms with Crippen LogP contribution in [0.3, 0.4) is 0 Å². The zero-order valence-electron chi connectivity index (χ0n) is 17.4. The summed E-state index contributed by atoms with van der Waals surface area (Å²) in [5.41, 5.74) is 1.24. The van der Waals surface area contributed by atoms with Crippen LogP contribution in [0.5, 0.6) is 5.75 Å². The molecule has 2 heterocycles. The van der Waals surface area contributed by atoms with Gasteiger partial charge in [0.1, 0.15) is 11.8 Å². The van der Waals surface area contributed by atoms with E-state index in [9.17, 15) is 9.59 Å². The van der Waals surface area contributed by atoms with E-state index in [0.717, 1.165) is 6.42 Å². The van der Waals surface area contributed by atoms with Crippen molar-refractivity contribution < 1.29 is 19.1 Å². The van der Waals surface area contributed by atoms with E-state index in [1.807, 2.05) is 36.1 Å². The first kappa shape index (κ1) is 23.4. The monoisotopic (exact) mass is 425 g/mol. The van der Waals surface area contributed by atoms with Crippen molar-refractivity contribution in [3.8, 4) is 5.75 Å². The summed E-state index contributed by atoms with van der Waals surface area (Å²) in [4.78, 5) is 29.0. The van der Waals surface area contributed by atoms with E-state index < -0.39 is 6.10 Å². The number of piperazine rings is 1. The van der Waals surface area contributed by atoms with Gasteiger partial charge in [-0.1, -0.05) is 19.1 Å². The highest BCUT2D eigenvalue weighted by atomic mass is 35.5. The predicted octanol–water partition coefficient (Wildman–Crippen LogP) is 1.49. The van der Waals surface area contributed by atoms with Crippen LogP contribution in [-0.2, 0) is 20.7 Å². The van der Waals surface area contributed by atoms with Gasteiger partial charge < -0.3 is 24.6 Å². The van der Waals surface area contributed by atoms with E-state index in [0.29, 0.717) is 45.1 Å². The second-order valence-electron chi connectivity index (χ2n) is 7.42. The molecule has 8 heteroatoms. The first-order valence-electron chi connectivity index (χ1n) is 10.2. The van der Waals surface area contributed by atoms with E-state index in [1.54, 1.807) is 11.8 Å². The van der Waals surface area contributed by atoms with Crippen molar-refractivity contribution >= 4 is 24.2 Å². The van der Waals surface area contributed by atoms with Crippen LogP contribution in [-0.4, -0.2) is 79.2 Å². The molecular formula is C21H32ClN3O4. The van der Waals surface area contributed by atoms with E-state index in [1.165, 1.54) is 5.56 Å². The molecule has 1 unspecified atom stereocenters. The fraction of sp³-hybridized carbons (Fsp3) is 0.619. The number of nitrogens with zero attached hydrogens (tertiary/aromatic N) is 2. The topological polar surface area (TPSA) is 71.1 Å². The number of hydrogen-bond donors (Lipinski definition) is 1. The normalized spacial score (nSPS) is 23.1. The summed E-state index contributed by atoms with van der Waals surface area (Å²) >= 11 is 0. The molecule has 3 atom stereocenters. The van der Waals surface area contributed by atoms with Crippen molar-refractivity contribution in [2.75, 3.05) is 39.3 Å². The maximum Gasteiger partial charge on any atom is 0.263 e. The van der Waals surface area contributed by atoms with E-state index >= 15 is 0 Å². The maximum absolute atomic E-state index is 12.7. The van der Waals surface area contributed by atoms with Gasteiger partial charge in [0.15, 0.2) is 6.10 Å². The van der Waals surface area contributed by atoms with Gasteiger partial charge in [0.05, 0.1) is 12.7 Å². The van der Waals surface area contributed by atoms with Crippen LogP contribution in [0.4, 0.5) is 0 Å². The Morgan fingerprint density at radius 1 is 1.17 bits per heavy atom. The molecule has 2 saturated heterocycles. The third kappa shape index (κ3) is 5.84. The highest BCUT2D eigenvalue weighted by molar-refractivity contribution is 5.85. The third-order valence-electron chi connectivity index (χ3n) is 5.48. The number of rotatable bonds is 5. The fourth-order valence-electron chi connectivity index (χ4n) is 3.67. The predicted molar refractivity (Wildman–Crippen MR) is 114 cm³/mol. The molecule has 0 aliphatic carbocycles. The summed E-state index contributed by atoms with van der Waals surface area (Å²) in [6.45, 7) is 9.23. The van der Waals surface area contributed by atoms with E-state index in [2.05, 4.69) is 12.2 Å². The molecule has 0 saturated carbocycles. The molecule has 2 fully saturated rings. The Hall–Kier alpha value is -1.83. The van der Waals surface area contributed by atoms with Gasteiger partial charge in [-0.2, -0.15) is 0 Å². The van der Waals surface area contributed by atoms with Crippen molar-refractivity contribution in [2.24, 2.45) is 0 Å². The van der Waals surface area contributed by atoms with Crippen molar-refractivity contribution in [2.45, 2.75) is 45.4 Å². The Morgan fingerprint density at radius 3 is 2.38 bits per heavy atom. The van der Waals surface area contributed by atoms with Crippen molar-refractivity contribution in [3.63, 3.8) is 0 Å². The maximum atomic E-state index is 12.7. The summed E-state index contributed by atoms with van der Waals surface area (Å²) in [5, 5.41) is 3.24. The average molecular weight is 426 g/mol. The van der Waals surface area contributed by atoms with Crippen LogP contribution in [0, 0.1) is 0 Å². The number of nitrogens with one attached hydrogen (secondary N) is 1. The van der Waals surface area contributed by atoms with E-state index in [4.69, 9.17) is 9.47 Å². The molecule has 2 amide bonds. The number of halogens is 1. The molecule has 0 radical (unpaired) electrons. The lowest BCUT2D eigenvalue weighted by molar-refractivity contribution is -0.147. The minimum Gasteiger partial charge on any atom is -0.481 e. The van der Waals surface area contributed by atoms with E-state index in [-0.39, 0.29) is 36.4 Å². The summed E-state index contributed by atoms with van der Waals surface area (Å²) in [5.74, 6) is 0.711. The largest absolute Gasteiger partial charge is 0.481 e. The number of morpholine rings is 1. The quantitative estimate of drug-likeness (QED) is 0.773. The highest BCUT2D eigenvalue weighted by Gasteiger charge is 2.34. The standard InChI is InChI=1S/C21H31N3O4.ClH/c1-4-17-5-7-18(8-6-17)28-16(3)20(25)23-10-12-24(13-11-23)21(26)19-15(2)27-14-9-22-19;/h5-8,15-16,19,22H,4,9-14H2,1-3H3;1H/t15-,16?,19+;/m1./s1. The number of ether oxygens (including phenoxy) is 2. The number of aryl methyl sites for hydroxylation is 1. The number of carbonyl (C=O) groups is 2. The zero-order chi connectivity index (χ0) is 20.1. The first-order valence-corrected chi connectivity index (χ1v) is 10.2. The second kappa shape index (κ2) is 10.8. The van der Waals surface area contributed by atoms with Crippen LogP contribution in [0.1, 0.15) is 26.3 Å². The fourth-order valence-corrected chi connectivity index (χ4v) is 3.67. The Bertz CT molecular complexity index is 677.